The van der Waals surface area contributed by atoms with E-state index in [1.54, 1.807) is 0 Å². The number of carbonyl (C=O) groups is 1. The molecule has 0 aliphatic heterocycles. The molecule has 5 atom stereocenters. The number of fused-ring (bicyclic) bond motifs is 1. The van der Waals surface area contributed by atoms with Gasteiger partial charge in [-0.1, -0.05) is 20.8 Å². The summed E-state index contributed by atoms with van der Waals surface area (Å²) in [5, 5.41) is 21.7. The number of hydrogen-bond acceptors (Lipinski definition) is 4. The van der Waals surface area contributed by atoms with Crippen molar-refractivity contribution >= 4 is 5.97 Å². The van der Waals surface area contributed by atoms with Crippen LogP contribution < -0.4 is 0 Å². The molecule has 2 N–H and O–H groups in total. The van der Waals surface area contributed by atoms with Crippen LogP contribution in [0.15, 0.2) is 0 Å². The topological polar surface area (TPSA) is 66.8 Å². The van der Waals surface area contributed by atoms with E-state index in [4.69, 9.17) is 4.74 Å². The minimum Gasteiger partial charge on any atom is -0.462 e. The van der Waals surface area contributed by atoms with Gasteiger partial charge in [-0.2, -0.15) is 0 Å². The summed E-state index contributed by atoms with van der Waals surface area (Å²) in [5.74, 6) is -0.151. The van der Waals surface area contributed by atoms with Crippen LogP contribution >= 0.6 is 0 Å². The first-order valence-corrected chi connectivity index (χ1v) is 8.13. The molecule has 2 fully saturated rings. The Morgan fingerprint density at radius 1 is 1.19 bits per heavy atom. The van der Waals surface area contributed by atoms with Crippen molar-refractivity contribution in [3.8, 4) is 0 Å². The molecule has 0 saturated heterocycles. The second kappa shape index (κ2) is 5.24. The van der Waals surface area contributed by atoms with Gasteiger partial charge < -0.3 is 14.9 Å². The van der Waals surface area contributed by atoms with Crippen molar-refractivity contribution in [3.63, 3.8) is 0 Å². The van der Waals surface area contributed by atoms with Crippen LogP contribution in [0.25, 0.3) is 0 Å². The van der Waals surface area contributed by atoms with Crippen LogP contribution in [0.2, 0.25) is 0 Å². The van der Waals surface area contributed by atoms with E-state index in [1.165, 1.54) is 6.92 Å². The van der Waals surface area contributed by atoms with Crippen molar-refractivity contribution in [3.05, 3.63) is 0 Å². The first-order valence-electron chi connectivity index (χ1n) is 8.13. The predicted octanol–water partition coefficient (Wildman–Crippen LogP) is 2.66. The second-order valence-electron chi connectivity index (χ2n) is 8.01. The summed E-state index contributed by atoms with van der Waals surface area (Å²) < 4.78 is 5.55. The molecule has 0 aromatic heterocycles. The predicted molar refractivity (Wildman–Crippen MR) is 80.6 cm³/mol. The number of ether oxygens (including phenoxy) is 1. The van der Waals surface area contributed by atoms with Crippen LogP contribution in [-0.2, 0) is 9.53 Å². The van der Waals surface area contributed by atoms with Gasteiger partial charge in [-0.15, -0.1) is 0 Å². The highest BCUT2D eigenvalue weighted by molar-refractivity contribution is 5.66. The summed E-state index contributed by atoms with van der Waals surface area (Å²) in [6.07, 6.45) is 3.20. The van der Waals surface area contributed by atoms with Crippen molar-refractivity contribution in [2.24, 2.45) is 17.3 Å². The van der Waals surface area contributed by atoms with Gasteiger partial charge in [0.1, 0.15) is 6.10 Å². The summed E-state index contributed by atoms with van der Waals surface area (Å²) >= 11 is 0. The number of carbonyl (C=O) groups excluding carboxylic acids is 1. The molecule has 4 heteroatoms. The van der Waals surface area contributed by atoms with Crippen LogP contribution in [0.1, 0.15) is 66.7 Å². The molecule has 2 saturated carbocycles. The third kappa shape index (κ3) is 2.85. The minimum atomic E-state index is -0.811. The largest absolute Gasteiger partial charge is 0.462 e. The summed E-state index contributed by atoms with van der Waals surface area (Å²) in [7, 11) is 0. The zero-order chi connectivity index (χ0) is 16.1. The molecule has 0 aromatic rings. The minimum absolute atomic E-state index is 0.0516. The van der Waals surface area contributed by atoms with E-state index in [1.807, 2.05) is 20.8 Å². The first-order chi connectivity index (χ1) is 9.51. The van der Waals surface area contributed by atoms with E-state index < -0.39 is 11.2 Å². The van der Waals surface area contributed by atoms with E-state index in [2.05, 4.69) is 6.92 Å². The maximum absolute atomic E-state index is 11.4. The Balaban J connectivity index is 2.32. The van der Waals surface area contributed by atoms with Gasteiger partial charge in [0.2, 0.25) is 0 Å². The summed E-state index contributed by atoms with van der Waals surface area (Å²) in [6, 6.07) is 0. The molecule has 2 aliphatic carbocycles. The lowest BCUT2D eigenvalue weighted by atomic mass is 9.50. The van der Waals surface area contributed by atoms with Gasteiger partial charge in [0.05, 0.1) is 11.2 Å². The van der Waals surface area contributed by atoms with E-state index in [0.717, 1.165) is 6.42 Å². The fourth-order valence-corrected chi connectivity index (χ4v) is 4.51. The van der Waals surface area contributed by atoms with E-state index in [9.17, 15) is 15.0 Å². The highest BCUT2D eigenvalue weighted by Crippen LogP contribution is 2.58. The lowest BCUT2D eigenvalue weighted by Gasteiger charge is -2.59. The molecule has 5 unspecified atom stereocenters. The molecular weight excluding hydrogens is 268 g/mol. The van der Waals surface area contributed by atoms with Crippen molar-refractivity contribution < 1.29 is 19.7 Å². The Bertz CT molecular complexity index is 417. The van der Waals surface area contributed by atoms with Crippen LogP contribution in [0, 0.1) is 17.3 Å². The van der Waals surface area contributed by atoms with Crippen molar-refractivity contribution in [2.75, 3.05) is 0 Å². The monoisotopic (exact) mass is 298 g/mol. The van der Waals surface area contributed by atoms with E-state index >= 15 is 0 Å². The molecule has 4 nitrogen and oxygen atoms in total. The standard InChI is InChI=1S/C17H30O4/c1-11(2)17(20)9-8-15(4)13(10-17)16(5,19)7-6-14(15)21-12(3)18/h11,13-14,19-20H,6-10H2,1-5H3. The van der Waals surface area contributed by atoms with Gasteiger partial charge in [-0.3, -0.25) is 4.79 Å². The number of aliphatic hydroxyl groups is 2. The molecule has 0 bridgehead atoms. The Hall–Kier alpha value is -0.610. The zero-order valence-corrected chi connectivity index (χ0v) is 14.0. The summed E-state index contributed by atoms with van der Waals surface area (Å²) in [5.41, 5.74) is -1.80. The molecular formula is C17H30O4. The maximum Gasteiger partial charge on any atom is 0.302 e. The van der Waals surface area contributed by atoms with Crippen LogP contribution in [0.4, 0.5) is 0 Å². The maximum atomic E-state index is 11.4. The van der Waals surface area contributed by atoms with Gasteiger partial charge in [0.25, 0.3) is 0 Å². The first kappa shape index (κ1) is 16.8. The number of rotatable bonds is 2. The smallest absolute Gasteiger partial charge is 0.302 e. The second-order valence-corrected chi connectivity index (χ2v) is 8.01. The molecule has 0 radical (unpaired) electrons. The normalized spacial score (nSPS) is 47.0. The third-order valence-electron chi connectivity index (χ3n) is 6.23. The van der Waals surface area contributed by atoms with E-state index in [-0.39, 0.29) is 29.3 Å². The lowest BCUT2D eigenvalue weighted by molar-refractivity contribution is -0.218. The van der Waals surface area contributed by atoms with Gasteiger partial charge >= 0.3 is 5.97 Å². The summed E-state index contributed by atoms with van der Waals surface area (Å²) in [6.45, 7) is 9.48. The molecule has 21 heavy (non-hydrogen) atoms. The number of hydrogen-bond donors (Lipinski definition) is 2. The van der Waals surface area contributed by atoms with Gasteiger partial charge in [-0.25, -0.2) is 0 Å². The molecule has 0 amide bonds. The fraction of sp³-hybridized carbons (Fsp3) is 0.941. The highest BCUT2D eigenvalue weighted by atomic mass is 16.5. The van der Waals surface area contributed by atoms with Crippen molar-refractivity contribution in [2.45, 2.75) is 84.0 Å². The third-order valence-corrected chi connectivity index (χ3v) is 6.23. The van der Waals surface area contributed by atoms with Crippen molar-refractivity contribution in [1.82, 2.24) is 0 Å². The Labute approximate surface area is 127 Å². The SMILES string of the molecule is CC(=O)OC1CCC(C)(O)C2CC(O)(C(C)C)CCC12C. The molecule has 0 aromatic carbocycles. The highest BCUT2D eigenvalue weighted by Gasteiger charge is 2.59. The van der Waals surface area contributed by atoms with Crippen LogP contribution in [-0.4, -0.2) is 33.5 Å². The van der Waals surface area contributed by atoms with E-state index in [0.29, 0.717) is 25.7 Å². The molecule has 0 heterocycles. The molecule has 2 aliphatic rings. The van der Waals surface area contributed by atoms with Crippen LogP contribution in [0.3, 0.4) is 0 Å². The quantitative estimate of drug-likeness (QED) is 0.769. The zero-order valence-electron chi connectivity index (χ0n) is 14.0. The molecule has 122 valence electrons. The van der Waals surface area contributed by atoms with Crippen LogP contribution in [0.5, 0.6) is 0 Å². The molecule has 0 spiro atoms. The Morgan fingerprint density at radius 3 is 2.33 bits per heavy atom. The lowest BCUT2D eigenvalue weighted by Crippen LogP contribution is -2.61. The van der Waals surface area contributed by atoms with Crippen molar-refractivity contribution in [1.29, 1.82) is 0 Å². The van der Waals surface area contributed by atoms with Gasteiger partial charge in [-0.05, 0) is 50.9 Å². The number of esters is 1. The fourth-order valence-electron chi connectivity index (χ4n) is 4.51. The Morgan fingerprint density at radius 2 is 1.81 bits per heavy atom. The average molecular weight is 298 g/mol. The molecule has 2 rings (SSSR count). The summed E-state index contributed by atoms with van der Waals surface area (Å²) in [4.78, 5) is 11.4. The Kier molecular flexibility index (Phi) is 4.18. The van der Waals surface area contributed by atoms with Gasteiger partial charge in [0.15, 0.2) is 0 Å². The average Bonchev–Trinajstić information content (AvgIpc) is 2.35. The van der Waals surface area contributed by atoms with Gasteiger partial charge in [0, 0.05) is 12.3 Å².